The fourth-order valence-corrected chi connectivity index (χ4v) is 1.99. The molecule has 0 radical (unpaired) electrons. The molecule has 0 saturated heterocycles. The Labute approximate surface area is 122 Å². The van der Waals surface area contributed by atoms with Crippen molar-refractivity contribution in [1.82, 2.24) is 10.2 Å². The van der Waals surface area contributed by atoms with Crippen LogP contribution in [0, 0.1) is 0 Å². The maximum absolute atomic E-state index is 11.8. The van der Waals surface area contributed by atoms with E-state index in [1.807, 2.05) is 30.3 Å². The number of nitrogens with zero attached hydrogens (tertiary/aromatic N) is 1. The van der Waals surface area contributed by atoms with Crippen LogP contribution in [0.25, 0.3) is 0 Å². The molecule has 0 fully saturated rings. The maximum Gasteiger partial charge on any atom is 0.221 e. The lowest BCUT2D eigenvalue weighted by atomic mass is 10.0. The van der Waals surface area contributed by atoms with Crippen molar-refractivity contribution in [3.8, 4) is 0 Å². The molecule has 0 aromatic heterocycles. The normalized spacial score (nSPS) is 14.1. The first-order valence-electron chi connectivity index (χ1n) is 7.32. The minimum atomic E-state index is -0.233. The molecule has 0 heterocycles. The van der Waals surface area contributed by atoms with Crippen LogP contribution in [0.2, 0.25) is 0 Å². The molecule has 4 nitrogen and oxygen atoms in total. The minimum Gasteiger partial charge on any atom is -0.355 e. The molecule has 1 amide bonds. The second-order valence-corrected chi connectivity index (χ2v) is 5.31. The zero-order valence-corrected chi connectivity index (χ0v) is 12.8. The van der Waals surface area contributed by atoms with Gasteiger partial charge in [0.1, 0.15) is 0 Å². The number of amides is 1. The van der Waals surface area contributed by atoms with Crippen LogP contribution in [0.15, 0.2) is 30.3 Å². The van der Waals surface area contributed by atoms with Gasteiger partial charge < -0.3 is 16.0 Å². The first-order chi connectivity index (χ1) is 9.54. The summed E-state index contributed by atoms with van der Waals surface area (Å²) in [5.41, 5.74) is 7.03. The summed E-state index contributed by atoms with van der Waals surface area (Å²) < 4.78 is 0. The summed E-state index contributed by atoms with van der Waals surface area (Å²) >= 11 is 0. The number of hydrogen-bond donors (Lipinski definition) is 2. The summed E-state index contributed by atoms with van der Waals surface area (Å²) in [4.78, 5) is 14.1. The van der Waals surface area contributed by atoms with Gasteiger partial charge in [0.05, 0.1) is 0 Å². The summed E-state index contributed by atoms with van der Waals surface area (Å²) in [6.07, 6.45) is 1.44. The second kappa shape index (κ2) is 8.72. The van der Waals surface area contributed by atoms with Gasteiger partial charge in [-0.15, -0.1) is 0 Å². The van der Waals surface area contributed by atoms with Crippen molar-refractivity contribution >= 4 is 5.91 Å². The summed E-state index contributed by atoms with van der Waals surface area (Å²) in [7, 11) is 2.08. The quantitative estimate of drug-likeness (QED) is 0.763. The number of likely N-dealkylation sites (N-methyl/N-ethyl adjacent to an activating group) is 1. The Balaban J connectivity index is 2.27. The molecule has 20 heavy (non-hydrogen) atoms. The van der Waals surface area contributed by atoms with E-state index in [1.54, 1.807) is 0 Å². The Morgan fingerprint density at radius 3 is 2.60 bits per heavy atom. The van der Waals surface area contributed by atoms with Gasteiger partial charge in [-0.2, -0.15) is 0 Å². The number of carbonyl (C=O) groups is 1. The monoisotopic (exact) mass is 277 g/mol. The standard InChI is InChI=1S/C16H27N3O/c1-4-13(2)19(3)11-10-18-16(20)12-15(17)14-8-6-5-7-9-14/h5-9,13,15H,4,10-12,17H2,1-3H3,(H,18,20). The third-order valence-electron chi connectivity index (χ3n) is 3.76. The average Bonchev–Trinajstić information content (AvgIpc) is 2.47. The van der Waals surface area contributed by atoms with Crippen molar-refractivity contribution in [2.75, 3.05) is 20.1 Å². The summed E-state index contributed by atoms with van der Waals surface area (Å²) in [6.45, 7) is 5.88. The zero-order valence-electron chi connectivity index (χ0n) is 12.8. The van der Waals surface area contributed by atoms with Gasteiger partial charge in [0.2, 0.25) is 5.91 Å². The highest BCUT2D eigenvalue weighted by molar-refractivity contribution is 5.76. The van der Waals surface area contributed by atoms with Crippen LogP contribution in [-0.2, 0) is 4.79 Å². The van der Waals surface area contributed by atoms with Gasteiger partial charge in [-0.3, -0.25) is 4.79 Å². The van der Waals surface area contributed by atoms with E-state index >= 15 is 0 Å². The number of benzene rings is 1. The predicted octanol–water partition coefficient (Wildman–Crippen LogP) is 1.92. The average molecular weight is 277 g/mol. The topological polar surface area (TPSA) is 58.4 Å². The molecule has 2 atom stereocenters. The van der Waals surface area contributed by atoms with E-state index in [-0.39, 0.29) is 11.9 Å². The molecule has 0 aliphatic heterocycles. The molecule has 1 aromatic carbocycles. The fraction of sp³-hybridized carbons (Fsp3) is 0.562. The highest BCUT2D eigenvalue weighted by Crippen LogP contribution is 2.12. The van der Waals surface area contributed by atoms with E-state index in [0.717, 1.165) is 18.5 Å². The Kier molecular flexibility index (Phi) is 7.26. The predicted molar refractivity (Wildman–Crippen MR) is 83.4 cm³/mol. The Morgan fingerprint density at radius 1 is 1.35 bits per heavy atom. The van der Waals surface area contributed by atoms with Crippen LogP contribution in [0.3, 0.4) is 0 Å². The first kappa shape index (κ1) is 16.7. The Bertz CT molecular complexity index is 394. The second-order valence-electron chi connectivity index (χ2n) is 5.31. The maximum atomic E-state index is 11.8. The van der Waals surface area contributed by atoms with Crippen LogP contribution in [-0.4, -0.2) is 37.0 Å². The largest absolute Gasteiger partial charge is 0.355 e. The van der Waals surface area contributed by atoms with Crippen molar-refractivity contribution in [2.45, 2.75) is 38.8 Å². The fourth-order valence-electron chi connectivity index (χ4n) is 1.99. The van der Waals surface area contributed by atoms with E-state index in [0.29, 0.717) is 19.0 Å². The van der Waals surface area contributed by atoms with Gasteiger partial charge in [0.15, 0.2) is 0 Å². The molecule has 0 bridgehead atoms. The number of nitrogens with one attached hydrogen (secondary N) is 1. The molecule has 112 valence electrons. The minimum absolute atomic E-state index is 0.0129. The molecule has 0 aliphatic carbocycles. The van der Waals surface area contributed by atoms with Crippen molar-refractivity contribution in [3.63, 3.8) is 0 Å². The van der Waals surface area contributed by atoms with Crippen LogP contribution >= 0.6 is 0 Å². The van der Waals surface area contributed by atoms with Gasteiger partial charge in [-0.25, -0.2) is 0 Å². The lowest BCUT2D eigenvalue weighted by Gasteiger charge is -2.23. The SMILES string of the molecule is CCC(C)N(C)CCNC(=O)CC(N)c1ccccc1. The molecule has 0 spiro atoms. The van der Waals surface area contributed by atoms with E-state index in [2.05, 4.69) is 31.1 Å². The Hall–Kier alpha value is -1.39. The van der Waals surface area contributed by atoms with Gasteiger partial charge in [0, 0.05) is 31.6 Å². The van der Waals surface area contributed by atoms with Gasteiger partial charge >= 0.3 is 0 Å². The van der Waals surface area contributed by atoms with Gasteiger partial charge in [0.25, 0.3) is 0 Å². The molecule has 3 N–H and O–H groups in total. The number of nitrogens with two attached hydrogens (primary N) is 1. The summed E-state index contributed by atoms with van der Waals surface area (Å²) in [5, 5.41) is 2.93. The van der Waals surface area contributed by atoms with Crippen molar-refractivity contribution < 1.29 is 4.79 Å². The zero-order chi connectivity index (χ0) is 15.0. The first-order valence-corrected chi connectivity index (χ1v) is 7.32. The van der Waals surface area contributed by atoms with Crippen molar-refractivity contribution in [2.24, 2.45) is 5.73 Å². The molecule has 0 aliphatic rings. The highest BCUT2D eigenvalue weighted by Gasteiger charge is 2.11. The van der Waals surface area contributed by atoms with E-state index in [1.165, 1.54) is 0 Å². The Morgan fingerprint density at radius 2 is 2.00 bits per heavy atom. The summed E-state index contributed by atoms with van der Waals surface area (Å²) in [6, 6.07) is 10.0. The van der Waals surface area contributed by atoms with Crippen LogP contribution in [0.4, 0.5) is 0 Å². The lowest BCUT2D eigenvalue weighted by Crippen LogP contribution is -2.37. The molecule has 4 heteroatoms. The van der Waals surface area contributed by atoms with E-state index in [9.17, 15) is 4.79 Å². The number of rotatable bonds is 8. The molecule has 2 unspecified atom stereocenters. The lowest BCUT2D eigenvalue weighted by molar-refractivity contribution is -0.121. The van der Waals surface area contributed by atoms with Crippen LogP contribution in [0.5, 0.6) is 0 Å². The highest BCUT2D eigenvalue weighted by atomic mass is 16.1. The number of hydrogen-bond acceptors (Lipinski definition) is 3. The molecular weight excluding hydrogens is 250 g/mol. The smallest absolute Gasteiger partial charge is 0.221 e. The molecular formula is C16H27N3O. The van der Waals surface area contributed by atoms with Gasteiger partial charge in [-0.05, 0) is 26.0 Å². The molecule has 1 aromatic rings. The third-order valence-corrected chi connectivity index (χ3v) is 3.76. The molecule has 0 saturated carbocycles. The van der Waals surface area contributed by atoms with E-state index in [4.69, 9.17) is 5.73 Å². The van der Waals surface area contributed by atoms with E-state index < -0.39 is 0 Å². The van der Waals surface area contributed by atoms with Gasteiger partial charge in [-0.1, -0.05) is 37.3 Å². The summed E-state index contributed by atoms with van der Waals surface area (Å²) in [5.74, 6) is 0.0129. The molecule has 1 rings (SSSR count). The van der Waals surface area contributed by atoms with Crippen LogP contribution in [0.1, 0.15) is 38.3 Å². The van der Waals surface area contributed by atoms with Crippen molar-refractivity contribution in [1.29, 1.82) is 0 Å². The van der Waals surface area contributed by atoms with Crippen LogP contribution < -0.4 is 11.1 Å². The van der Waals surface area contributed by atoms with Crippen molar-refractivity contribution in [3.05, 3.63) is 35.9 Å². The number of carbonyl (C=O) groups excluding carboxylic acids is 1. The third kappa shape index (κ3) is 5.72.